The van der Waals surface area contributed by atoms with Crippen LogP contribution in [0.5, 0.6) is 0 Å². The Bertz CT molecular complexity index is 571. The number of aromatic carboxylic acids is 1. The summed E-state index contributed by atoms with van der Waals surface area (Å²) >= 11 is 0. The molecule has 0 saturated carbocycles. The Morgan fingerprint density at radius 2 is 2.11 bits per heavy atom. The molecule has 2 N–H and O–H groups in total. The van der Waals surface area contributed by atoms with Crippen molar-refractivity contribution in [2.75, 3.05) is 0 Å². The minimum Gasteiger partial charge on any atom is -0.478 e. The molecule has 0 aliphatic carbocycles. The summed E-state index contributed by atoms with van der Waals surface area (Å²) in [5.74, 6) is -2.28. The van der Waals surface area contributed by atoms with Gasteiger partial charge in [0, 0.05) is 6.04 Å². The standard InChI is InChI=1S/C12H16FNO4S/c1-3-4-8(2)14-19(17,18)11-7-9(12(15)16)5-6-10(11)13/h5-8,14H,3-4H2,1-2H3,(H,15,16)/t8-/m1/s1. The lowest BCUT2D eigenvalue weighted by atomic mass is 10.2. The van der Waals surface area contributed by atoms with Crippen LogP contribution in [0.4, 0.5) is 4.39 Å². The predicted molar refractivity (Wildman–Crippen MR) is 68.1 cm³/mol. The van der Waals surface area contributed by atoms with E-state index < -0.39 is 26.7 Å². The van der Waals surface area contributed by atoms with Crippen molar-refractivity contribution in [3.8, 4) is 0 Å². The maximum atomic E-state index is 13.6. The number of halogens is 1. The second-order valence-corrected chi connectivity index (χ2v) is 5.94. The topological polar surface area (TPSA) is 83.5 Å². The van der Waals surface area contributed by atoms with Crippen molar-refractivity contribution in [1.82, 2.24) is 4.72 Å². The van der Waals surface area contributed by atoms with Crippen molar-refractivity contribution in [1.29, 1.82) is 0 Å². The Hall–Kier alpha value is -1.47. The molecule has 0 amide bonds. The van der Waals surface area contributed by atoms with Gasteiger partial charge in [-0.1, -0.05) is 13.3 Å². The van der Waals surface area contributed by atoms with Gasteiger partial charge in [0.05, 0.1) is 5.56 Å². The number of carbonyl (C=O) groups is 1. The maximum Gasteiger partial charge on any atom is 0.335 e. The molecule has 0 spiro atoms. The summed E-state index contributed by atoms with van der Waals surface area (Å²) in [6, 6.07) is 2.33. The molecule has 7 heteroatoms. The second kappa shape index (κ2) is 6.12. The highest BCUT2D eigenvalue weighted by Crippen LogP contribution is 2.17. The molecule has 0 heterocycles. The van der Waals surface area contributed by atoms with Gasteiger partial charge in [0.15, 0.2) is 0 Å². The highest BCUT2D eigenvalue weighted by molar-refractivity contribution is 7.89. The molecule has 0 aromatic heterocycles. The largest absolute Gasteiger partial charge is 0.478 e. The SMILES string of the molecule is CCC[C@@H](C)NS(=O)(=O)c1cc(C(=O)O)ccc1F. The van der Waals surface area contributed by atoms with Crippen LogP contribution in [0.1, 0.15) is 37.0 Å². The van der Waals surface area contributed by atoms with Crippen molar-refractivity contribution in [2.45, 2.75) is 37.6 Å². The summed E-state index contributed by atoms with van der Waals surface area (Å²) in [7, 11) is -4.06. The maximum absolute atomic E-state index is 13.6. The number of benzene rings is 1. The molecule has 1 atom stereocenters. The Morgan fingerprint density at radius 1 is 1.47 bits per heavy atom. The second-order valence-electron chi connectivity index (χ2n) is 4.26. The molecule has 106 valence electrons. The summed E-state index contributed by atoms with van der Waals surface area (Å²) in [4.78, 5) is 10.1. The van der Waals surface area contributed by atoms with Crippen molar-refractivity contribution < 1.29 is 22.7 Å². The predicted octanol–water partition coefficient (Wildman–Crippen LogP) is 1.99. The number of sulfonamides is 1. The van der Waals surface area contributed by atoms with Gasteiger partial charge in [-0.3, -0.25) is 0 Å². The molecule has 0 aliphatic heterocycles. The molecular formula is C12H16FNO4S. The lowest BCUT2D eigenvalue weighted by molar-refractivity contribution is 0.0696. The Morgan fingerprint density at radius 3 is 2.63 bits per heavy atom. The van der Waals surface area contributed by atoms with Gasteiger partial charge in [-0.15, -0.1) is 0 Å². The van der Waals surface area contributed by atoms with Crippen LogP contribution in [0.3, 0.4) is 0 Å². The average molecular weight is 289 g/mol. The van der Waals surface area contributed by atoms with E-state index in [1.807, 2.05) is 6.92 Å². The molecule has 19 heavy (non-hydrogen) atoms. The lowest BCUT2D eigenvalue weighted by Crippen LogP contribution is -2.33. The lowest BCUT2D eigenvalue weighted by Gasteiger charge is -2.14. The molecule has 0 fully saturated rings. The normalized spacial score (nSPS) is 13.2. The van der Waals surface area contributed by atoms with Crippen LogP contribution in [0.2, 0.25) is 0 Å². The monoisotopic (exact) mass is 289 g/mol. The minimum atomic E-state index is -4.06. The highest BCUT2D eigenvalue weighted by Gasteiger charge is 2.22. The molecule has 0 radical (unpaired) electrons. The molecular weight excluding hydrogens is 273 g/mol. The number of carboxylic acids is 1. The van der Waals surface area contributed by atoms with Gasteiger partial charge in [-0.25, -0.2) is 22.3 Å². The molecule has 0 unspecified atom stereocenters. The summed E-state index contributed by atoms with van der Waals surface area (Å²) < 4.78 is 39.8. The Labute approximate surface area is 111 Å². The van der Waals surface area contributed by atoms with E-state index in [9.17, 15) is 17.6 Å². The fourth-order valence-electron chi connectivity index (χ4n) is 1.66. The van der Waals surface area contributed by atoms with Gasteiger partial charge in [-0.2, -0.15) is 0 Å². The van der Waals surface area contributed by atoms with Gasteiger partial charge < -0.3 is 5.11 Å². The summed E-state index contributed by atoms with van der Waals surface area (Å²) in [5.41, 5.74) is -0.273. The van der Waals surface area contributed by atoms with Gasteiger partial charge >= 0.3 is 5.97 Å². The van der Waals surface area contributed by atoms with Crippen molar-refractivity contribution in [3.63, 3.8) is 0 Å². The average Bonchev–Trinajstić information content (AvgIpc) is 2.28. The van der Waals surface area contributed by atoms with E-state index in [1.165, 1.54) is 0 Å². The van der Waals surface area contributed by atoms with E-state index in [-0.39, 0.29) is 11.6 Å². The molecule has 1 aromatic carbocycles. The Balaban J connectivity index is 3.13. The van der Waals surface area contributed by atoms with Gasteiger partial charge in [0.1, 0.15) is 10.7 Å². The van der Waals surface area contributed by atoms with Crippen LogP contribution in [-0.2, 0) is 10.0 Å². The molecule has 0 aliphatic rings. The summed E-state index contributed by atoms with van der Waals surface area (Å²) in [5, 5.41) is 8.79. The van der Waals surface area contributed by atoms with Crippen LogP contribution >= 0.6 is 0 Å². The summed E-state index contributed by atoms with van der Waals surface area (Å²) in [6.07, 6.45) is 1.39. The third-order valence-electron chi connectivity index (χ3n) is 2.55. The number of hydrogen-bond acceptors (Lipinski definition) is 3. The molecule has 0 bridgehead atoms. The summed E-state index contributed by atoms with van der Waals surface area (Å²) in [6.45, 7) is 3.57. The molecule has 1 aromatic rings. The first-order valence-electron chi connectivity index (χ1n) is 5.83. The van der Waals surface area contributed by atoms with E-state index in [4.69, 9.17) is 5.11 Å². The number of hydrogen-bond donors (Lipinski definition) is 2. The smallest absolute Gasteiger partial charge is 0.335 e. The van der Waals surface area contributed by atoms with E-state index >= 15 is 0 Å². The van der Waals surface area contributed by atoms with E-state index in [1.54, 1.807) is 6.92 Å². The van der Waals surface area contributed by atoms with Gasteiger partial charge in [-0.05, 0) is 31.5 Å². The van der Waals surface area contributed by atoms with Crippen molar-refractivity contribution in [3.05, 3.63) is 29.6 Å². The zero-order valence-electron chi connectivity index (χ0n) is 10.7. The van der Waals surface area contributed by atoms with Crippen LogP contribution in [0.25, 0.3) is 0 Å². The van der Waals surface area contributed by atoms with Gasteiger partial charge in [0.2, 0.25) is 10.0 Å². The van der Waals surface area contributed by atoms with E-state index in [0.29, 0.717) is 6.42 Å². The first-order valence-corrected chi connectivity index (χ1v) is 7.31. The third-order valence-corrected chi connectivity index (χ3v) is 4.15. The number of rotatable bonds is 6. The first kappa shape index (κ1) is 15.6. The molecule has 5 nitrogen and oxygen atoms in total. The zero-order valence-corrected chi connectivity index (χ0v) is 11.5. The number of nitrogens with one attached hydrogen (secondary N) is 1. The minimum absolute atomic E-state index is 0.273. The van der Waals surface area contributed by atoms with Crippen LogP contribution in [0, 0.1) is 5.82 Å². The quantitative estimate of drug-likeness (QED) is 0.839. The van der Waals surface area contributed by atoms with Crippen LogP contribution in [0.15, 0.2) is 23.1 Å². The fourth-order valence-corrected chi connectivity index (χ4v) is 3.04. The van der Waals surface area contributed by atoms with E-state index in [2.05, 4.69) is 4.72 Å². The van der Waals surface area contributed by atoms with Gasteiger partial charge in [0.25, 0.3) is 0 Å². The highest BCUT2D eigenvalue weighted by atomic mass is 32.2. The Kier molecular flexibility index (Phi) is 5.02. The number of carboxylic acid groups (broad SMARTS) is 1. The first-order chi connectivity index (χ1) is 8.77. The molecule has 1 rings (SSSR count). The van der Waals surface area contributed by atoms with Crippen molar-refractivity contribution >= 4 is 16.0 Å². The van der Waals surface area contributed by atoms with E-state index in [0.717, 1.165) is 24.6 Å². The van der Waals surface area contributed by atoms with Crippen LogP contribution < -0.4 is 4.72 Å². The zero-order chi connectivity index (χ0) is 14.6. The fraction of sp³-hybridized carbons (Fsp3) is 0.417. The third kappa shape index (κ3) is 4.00. The molecule has 0 saturated heterocycles. The van der Waals surface area contributed by atoms with Crippen LogP contribution in [-0.4, -0.2) is 25.5 Å². The van der Waals surface area contributed by atoms with Crippen molar-refractivity contribution in [2.24, 2.45) is 0 Å².